The third-order valence-electron chi connectivity index (χ3n) is 7.29. The Balaban J connectivity index is 1.61. The SMILES string of the molecule is C[C@H]1OC(Oc2cc(O)c3c(=O)c(OC4O[C@H](CO)[C@@H](O)[C@H](O)[C@H]4O)c(-c4ccc(O)c(O)c4)oc3c2)[C@H](O)[C@@H](O)[C@@H]1O. The van der Waals surface area contributed by atoms with Crippen LogP contribution < -0.4 is 14.9 Å². The maximum Gasteiger partial charge on any atom is 0.239 e. The lowest BCUT2D eigenvalue weighted by molar-refractivity contribution is -0.277. The van der Waals surface area contributed by atoms with Crippen LogP contribution in [0.4, 0.5) is 0 Å². The normalized spacial score (nSPS) is 32.9. The maximum atomic E-state index is 13.7. The first-order valence-corrected chi connectivity index (χ1v) is 13.0. The Morgan fingerprint density at radius 2 is 1.40 bits per heavy atom. The van der Waals surface area contributed by atoms with Gasteiger partial charge in [0, 0.05) is 17.7 Å². The molecule has 0 amide bonds. The van der Waals surface area contributed by atoms with Gasteiger partial charge in [-0.25, -0.2) is 0 Å². The van der Waals surface area contributed by atoms with Crippen LogP contribution in [0.1, 0.15) is 6.92 Å². The molecule has 5 rings (SSSR count). The Hall–Kier alpha value is -3.71. The van der Waals surface area contributed by atoms with E-state index in [9.17, 15) is 55.9 Å². The fourth-order valence-electron chi connectivity index (χ4n) is 4.81. The van der Waals surface area contributed by atoms with Crippen LogP contribution in [0.5, 0.6) is 28.7 Å². The first-order valence-electron chi connectivity index (χ1n) is 13.0. The molecule has 3 heterocycles. The first-order chi connectivity index (χ1) is 20.3. The number of benzene rings is 2. The number of rotatable bonds is 6. The monoisotopic (exact) mass is 610 g/mol. The maximum absolute atomic E-state index is 13.7. The highest BCUT2D eigenvalue weighted by Gasteiger charge is 2.46. The molecule has 2 aromatic carbocycles. The highest BCUT2D eigenvalue weighted by molar-refractivity contribution is 5.88. The summed E-state index contributed by atoms with van der Waals surface area (Å²) in [4.78, 5) is 13.7. The van der Waals surface area contributed by atoms with Gasteiger partial charge in [-0.2, -0.15) is 0 Å². The molecule has 0 radical (unpaired) electrons. The van der Waals surface area contributed by atoms with Gasteiger partial charge in [-0.1, -0.05) is 0 Å². The molecule has 16 nitrogen and oxygen atoms in total. The quantitative estimate of drug-likeness (QED) is 0.135. The lowest BCUT2D eigenvalue weighted by Crippen LogP contribution is -2.60. The van der Waals surface area contributed by atoms with E-state index in [2.05, 4.69) is 0 Å². The standard InChI is InChI=1S/C27H30O16/c1-8-17(32)20(35)22(37)26(39-8)40-10-5-13(31)16-14(6-10)41-24(9-2-3-11(29)12(30)4-9)25(19(16)34)43-27-23(38)21(36)18(33)15(7-28)42-27/h2-6,8,15,17-18,20-23,26-33,35-38H,7H2,1H3/t8-,15-,17-,18-,20+,21+,22-,23-,26?,27?/m1/s1. The van der Waals surface area contributed by atoms with Gasteiger partial charge in [-0.15, -0.1) is 0 Å². The van der Waals surface area contributed by atoms with E-state index in [-0.39, 0.29) is 16.9 Å². The Morgan fingerprint density at radius 3 is 2.05 bits per heavy atom. The number of phenols is 3. The van der Waals surface area contributed by atoms with E-state index in [0.717, 1.165) is 24.3 Å². The van der Waals surface area contributed by atoms with Gasteiger partial charge >= 0.3 is 0 Å². The molecule has 234 valence electrons. The summed E-state index contributed by atoms with van der Waals surface area (Å²) in [6.45, 7) is 0.650. The Labute approximate surface area is 241 Å². The highest BCUT2D eigenvalue weighted by Crippen LogP contribution is 2.40. The molecule has 10 N–H and O–H groups in total. The summed E-state index contributed by atoms with van der Waals surface area (Å²) in [5.41, 5.74) is -1.40. The van der Waals surface area contributed by atoms with Crippen LogP contribution >= 0.6 is 0 Å². The molecule has 1 aromatic heterocycles. The van der Waals surface area contributed by atoms with Crippen molar-refractivity contribution in [1.82, 2.24) is 0 Å². The summed E-state index contributed by atoms with van der Waals surface area (Å²) in [7, 11) is 0. The van der Waals surface area contributed by atoms with Crippen molar-refractivity contribution in [2.45, 2.75) is 68.3 Å². The zero-order valence-electron chi connectivity index (χ0n) is 22.3. The fraction of sp³-hybridized carbons (Fsp3) is 0.444. The summed E-state index contributed by atoms with van der Waals surface area (Å²) >= 11 is 0. The van der Waals surface area contributed by atoms with E-state index in [0.29, 0.717) is 0 Å². The van der Waals surface area contributed by atoms with Crippen LogP contribution in [0.25, 0.3) is 22.3 Å². The third-order valence-corrected chi connectivity index (χ3v) is 7.29. The van der Waals surface area contributed by atoms with E-state index < -0.39 is 108 Å². The van der Waals surface area contributed by atoms with E-state index >= 15 is 0 Å². The third kappa shape index (κ3) is 5.55. The van der Waals surface area contributed by atoms with Crippen molar-refractivity contribution in [3.8, 4) is 40.1 Å². The van der Waals surface area contributed by atoms with E-state index in [4.69, 9.17) is 23.4 Å². The summed E-state index contributed by atoms with van der Waals surface area (Å²) < 4.78 is 27.8. The summed E-state index contributed by atoms with van der Waals surface area (Å²) in [6, 6.07) is 5.43. The van der Waals surface area contributed by atoms with E-state index in [1.54, 1.807) is 0 Å². The molecule has 0 spiro atoms. The number of hydrogen-bond acceptors (Lipinski definition) is 16. The van der Waals surface area contributed by atoms with Crippen LogP contribution in [0, 0.1) is 0 Å². The summed E-state index contributed by atoms with van der Waals surface area (Å²) in [5.74, 6) is -3.14. The van der Waals surface area contributed by atoms with Gasteiger partial charge in [0.15, 0.2) is 17.3 Å². The molecule has 16 heteroatoms. The van der Waals surface area contributed by atoms with Crippen molar-refractivity contribution < 1.29 is 74.4 Å². The predicted molar refractivity (Wildman–Crippen MR) is 140 cm³/mol. The van der Waals surface area contributed by atoms with Crippen LogP contribution in [0.3, 0.4) is 0 Å². The molecule has 10 atom stereocenters. The number of aliphatic hydroxyl groups excluding tert-OH is 7. The van der Waals surface area contributed by atoms with Gasteiger partial charge in [-0.3, -0.25) is 4.79 Å². The van der Waals surface area contributed by atoms with Crippen molar-refractivity contribution in [1.29, 1.82) is 0 Å². The number of hydrogen-bond donors (Lipinski definition) is 10. The van der Waals surface area contributed by atoms with Gasteiger partial charge in [-0.05, 0) is 25.1 Å². The molecular formula is C27H30O16. The van der Waals surface area contributed by atoms with Crippen molar-refractivity contribution in [3.05, 3.63) is 40.6 Å². The minimum absolute atomic E-state index is 0.0447. The Bertz CT molecular complexity index is 1540. The smallest absolute Gasteiger partial charge is 0.239 e. The molecule has 2 saturated heterocycles. The van der Waals surface area contributed by atoms with Gasteiger partial charge in [0.2, 0.25) is 23.8 Å². The van der Waals surface area contributed by atoms with Crippen molar-refractivity contribution in [3.63, 3.8) is 0 Å². The van der Waals surface area contributed by atoms with E-state index in [1.165, 1.54) is 13.0 Å². The average Bonchev–Trinajstić information content (AvgIpc) is 2.97. The lowest BCUT2D eigenvalue weighted by Gasteiger charge is -2.39. The second kappa shape index (κ2) is 11.8. The fourth-order valence-corrected chi connectivity index (χ4v) is 4.81. The molecule has 0 aliphatic carbocycles. The van der Waals surface area contributed by atoms with Crippen LogP contribution in [0.15, 0.2) is 39.5 Å². The second-order valence-electron chi connectivity index (χ2n) is 10.2. The van der Waals surface area contributed by atoms with Crippen molar-refractivity contribution >= 4 is 11.0 Å². The molecule has 3 aromatic rings. The minimum Gasteiger partial charge on any atom is -0.507 e. The topological polar surface area (TPSA) is 269 Å². The zero-order chi connectivity index (χ0) is 31.3. The first kappa shape index (κ1) is 30.7. The van der Waals surface area contributed by atoms with Crippen LogP contribution in [-0.4, -0.2) is 119 Å². The predicted octanol–water partition coefficient (Wildman–Crippen LogP) is -2.04. The average molecular weight is 611 g/mol. The minimum atomic E-state index is -1.92. The van der Waals surface area contributed by atoms with Gasteiger partial charge in [0.25, 0.3) is 0 Å². The Kier molecular flexibility index (Phi) is 8.41. The van der Waals surface area contributed by atoms with E-state index in [1.807, 2.05) is 0 Å². The Morgan fingerprint density at radius 1 is 0.744 bits per heavy atom. The second-order valence-corrected chi connectivity index (χ2v) is 10.2. The molecule has 43 heavy (non-hydrogen) atoms. The zero-order valence-corrected chi connectivity index (χ0v) is 22.3. The number of aliphatic hydroxyl groups is 7. The molecule has 2 aliphatic heterocycles. The highest BCUT2D eigenvalue weighted by atomic mass is 16.7. The number of fused-ring (bicyclic) bond motifs is 1. The molecular weight excluding hydrogens is 580 g/mol. The van der Waals surface area contributed by atoms with Crippen molar-refractivity contribution in [2.75, 3.05) is 6.61 Å². The molecule has 2 unspecified atom stereocenters. The number of ether oxygens (including phenoxy) is 4. The van der Waals surface area contributed by atoms with Gasteiger partial charge in [0.05, 0.1) is 12.7 Å². The molecule has 0 saturated carbocycles. The van der Waals surface area contributed by atoms with Crippen LogP contribution in [0.2, 0.25) is 0 Å². The number of aromatic hydroxyl groups is 3. The van der Waals surface area contributed by atoms with Gasteiger partial charge < -0.3 is 74.4 Å². The largest absolute Gasteiger partial charge is 0.507 e. The lowest BCUT2D eigenvalue weighted by atomic mass is 9.99. The molecule has 0 bridgehead atoms. The summed E-state index contributed by atoms with van der Waals surface area (Å²) in [5, 5.41) is 101. The molecule has 2 fully saturated rings. The van der Waals surface area contributed by atoms with Gasteiger partial charge in [0.1, 0.15) is 65.2 Å². The number of phenolic OH excluding ortho intramolecular Hbond substituents is 3. The summed E-state index contributed by atoms with van der Waals surface area (Å²) in [6.07, 6.45) is -15.9. The van der Waals surface area contributed by atoms with Crippen LogP contribution in [-0.2, 0) is 9.47 Å². The van der Waals surface area contributed by atoms with Crippen molar-refractivity contribution in [2.24, 2.45) is 0 Å². The molecule has 2 aliphatic rings.